The second-order valence-corrected chi connectivity index (χ2v) is 10.4. The number of fused-ring (bicyclic) bond motifs is 1. The number of hydrogen-bond donors (Lipinski definition) is 1. The van der Waals surface area contributed by atoms with Crippen LogP contribution in [-0.2, 0) is 18.6 Å². The lowest BCUT2D eigenvalue weighted by atomic mass is 10.0. The van der Waals surface area contributed by atoms with E-state index in [1.165, 1.54) is 5.56 Å². The third-order valence-electron chi connectivity index (χ3n) is 7.53. The molecule has 2 aromatic carbocycles. The molecule has 1 atom stereocenters. The third kappa shape index (κ3) is 5.44. The van der Waals surface area contributed by atoms with E-state index in [0.29, 0.717) is 18.7 Å². The van der Waals surface area contributed by atoms with Crippen molar-refractivity contribution in [1.82, 2.24) is 30.1 Å². The molecule has 0 saturated heterocycles. The molecule has 0 fully saturated rings. The zero-order valence-corrected chi connectivity index (χ0v) is 23.0. The van der Waals surface area contributed by atoms with Crippen LogP contribution in [0.1, 0.15) is 74.7 Å². The van der Waals surface area contributed by atoms with Crippen LogP contribution in [-0.4, -0.2) is 37.2 Å². The van der Waals surface area contributed by atoms with E-state index in [4.69, 9.17) is 4.74 Å². The lowest BCUT2D eigenvalue weighted by Crippen LogP contribution is -2.36. The molecular weight excluding hydrogens is 464 g/mol. The number of hydrogen-bond acceptors (Lipinski definition) is 6. The van der Waals surface area contributed by atoms with Crippen molar-refractivity contribution in [3.8, 4) is 5.75 Å². The van der Waals surface area contributed by atoms with E-state index in [1.54, 1.807) is 7.11 Å². The highest BCUT2D eigenvalue weighted by molar-refractivity contribution is 5.80. The van der Waals surface area contributed by atoms with E-state index in [1.807, 2.05) is 35.0 Å². The minimum atomic E-state index is -0.238. The summed E-state index contributed by atoms with van der Waals surface area (Å²) < 4.78 is 7.60. The summed E-state index contributed by atoms with van der Waals surface area (Å²) in [7, 11) is 1.68. The van der Waals surface area contributed by atoms with Gasteiger partial charge in [0.25, 0.3) is 5.56 Å². The number of pyridine rings is 1. The Morgan fingerprint density at radius 1 is 1.05 bits per heavy atom. The predicted molar refractivity (Wildman–Crippen MR) is 147 cm³/mol. The van der Waals surface area contributed by atoms with Crippen molar-refractivity contribution in [2.24, 2.45) is 0 Å². The number of benzene rings is 2. The minimum Gasteiger partial charge on any atom is -0.496 e. The number of nitrogens with zero attached hydrogens (tertiary/aromatic N) is 5. The number of aromatic amines is 1. The van der Waals surface area contributed by atoms with Crippen molar-refractivity contribution >= 4 is 10.9 Å². The van der Waals surface area contributed by atoms with Crippen LogP contribution >= 0.6 is 0 Å². The molecule has 8 nitrogen and oxygen atoms in total. The molecule has 0 aliphatic rings. The lowest BCUT2D eigenvalue weighted by molar-refractivity contribution is 0.149. The molecular formula is C29H38N6O2. The normalized spacial score (nSPS) is 12.9. The fourth-order valence-corrected chi connectivity index (χ4v) is 4.77. The van der Waals surface area contributed by atoms with Gasteiger partial charge in [0, 0.05) is 29.7 Å². The van der Waals surface area contributed by atoms with Crippen molar-refractivity contribution in [3.63, 3.8) is 0 Å². The van der Waals surface area contributed by atoms with Crippen molar-refractivity contribution in [1.29, 1.82) is 0 Å². The Labute approximate surface area is 218 Å². The van der Waals surface area contributed by atoms with Gasteiger partial charge in [0.1, 0.15) is 5.75 Å². The van der Waals surface area contributed by atoms with Crippen LogP contribution in [0.5, 0.6) is 5.75 Å². The van der Waals surface area contributed by atoms with Gasteiger partial charge in [-0.3, -0.25) is 9.69 Å². The molecule has 2 aromatic heterocycles. The van der Waals surface area contributed by atoms with Gasteiger partial charge in [-0.25, -0.2) is 4.68 Å². The maximum Gasteiger partial charge on any atom is 0.252 e. The summed E-state index contributed by atoms with van der Waals surface area (Å²) >= 11 is 0. The van der Waals surface area contributed by atoms with Crippen LogP contribution in [0.3, 0.4) is 0 Å². The Hall–Kier alpha value is -3.52. The highest BCUT2D eigenvalue weighted by atomic mass is 16.5. The van der Waals surface area contributed by atoms with Crippen LogP contribution in [0, 0.1) is 13.8 Å². The van der Waals surface area contributed by atoms with E-state index in [9.17, 15) is 4.79 Å². The first-order chi connectivity index (χ1) is 17.7. The molecule has 0 aliphatic heterocycles. The van der Waals surface area contributed by atoms with Gasteiger partial charge in [-0.05, 0) is 91.7 Å². The average molecular weight is 503 g/mol. The number of nitrogens with one attached hydrogen (secondary N) is 1. The van der Waals surface area contributed by atoms with Gasteiger partial charge in [-0.15, -0.1) is 5.10 Å². The Morgan fingerprint density at radius 2 is 1.76 bits per heavy atom. The van der Waals surface area contributed by atoms with E-state index in [0.717, 1.165) is 46.4 Å². The summed E-state index contributed by atoms with van der Waals surface area (Å²) in [6.07, 6.45) is 1.66. The van der Waals surface area contributed by atoms with Gasteiger partial charge in [0.15, 0.2) is 5.82 Å². The highest BCUT2D eigenvalue weighted by Crippen LogP contribution is 2.32. The molecule has 2 heterocycles. The predicted octanol–water partition coefficient (Wildman–Crippen LogP) is 5.44. The van der Waals surface area contributed by atoms with Gasteiger partial charge in [-0.2, -0.15) is 0 Å². The van der Waals surface area contributed by atoms with Gasteiger partial charge in [0.05, 0.1) is 18.7 Å². The Balaban J connectivity index is 1.81. The maximum absolute atomic E-state index is 13.3. The number of methoxy groups -OCH3 is 1. The Morgan fingerprint density at radius 3 is 2.46 bits per heavy atom. The van der Waals surface area contributed by atoms with Crippen molar-refractivity contribution < 1.29 is 4.74 Å². The molecule has 0 spiro atoms. The van der Waals surface area contributed by atoms with Crippen LogP contribution in [0.25, 0.3) is 10.9 Å². The summed E-state index contributed by atoms with van der Waals surface area (Å²) in [5.41, 5.74) is 4.64. The first-order valence-corrected chi connectivity index (χ1v) is 13.0. The molecule has 1 N–H and O–H groups in total. The monoisotopic (exact) mass is 502 g/mol. The van der Waals surface area contributed by atoms with Gasteiger partial charge in [0.2, 0.25) is 0 Å². The number of tetrazole rings is 1. The van der Waals surface area contributed by atoms with E-state index < -0.39 is 0 Å². The zero-order valence-electron chi connectivity index (χ0n) is 23.0. The van der Waals surface area contributed by atoms with Crippen LogP contribution in [0.4, 0.5) is 0 Å². The molecule has 0 radical (unpaired) electrons. The summed E-state index contributed by atoms with van der Waals surface area (Å²) in [6.45, 7) is 13.7. The quantitative estimate of drug-likeness (QED) is 0.311. The van der Waals surface area contributed by atoms with Gasteiger partial charge < -0.3 is 9.72 Å². The fourth-order valence-electron chi connectivity index (χ4n) is 4.77. The Bertz CT molecular complexity index is 1440. The van der Waals surface area contributed by atoms with Crippen molar-refractivity contribution in [3.05, 3.63) is 80.9 Å². The van der Waals surface area contributed by atoms with Crippen LogP contribution < -0.4 is 10.3 Å². The molecule has 0 bridgehead atoms. The first kappa shape index (κ1) is 26.5. The number of H-pyrrole nitrogens is 1. The number of ether oxygens (including phenoxy) is 1. The van der Waals surface area contributed by atoms with E-state index in [-0.39, 0.29) is 17.1 Å². The molecule has 0 saturated carbocycles. The molecule has 4 rings (SSSR count). The number of rotatable bonds is 10. The van der Waals surface area contributed by atoms with Crippen LogP contribution in [0.15, 0.2) is 47.3 Å². The second-order valence-electron chi connectivity index (χ2n) is 10.4. The first-order valence-electron chi connectivity index (χ1n) is 13.0. The van der Waals surface area contributed by atoms with Gasteiger partial charge in [-0.1, -0.05) is 32.0 Å². The van der Waals surface area contributed by atoms with Crippen LogP contribution in [0.2, 0.25) is 0 Å². The third-order valence-corrected chi connectivity index (χ3v) is 7.53. The SMILES string of the molecule is CC[C@H](c1nnnn1C(C)(C)CC)N(Cc1ccccc1OC)Cc1cc2cc(C)c(C)cc2[nH]c1=O. The molecule has 37 heavy (non-hydrogen) atoms. The molecule has 4 aromatic rings. The van der Waals surface area contributed by atoms with E-state index in [2.05, 4.69) is 79.1 Å². The molecule has 196 valence electrons. The average Bonchev–Trinajstić information content (AvgIpc) is 3.37. The van der Waals surface area contributed by atoms with Gasteiger partial charge >= 0.3 is 0 Å². The number of aryl methyl sites for hydroxylation is 2. The topological polar surface area (TPSA) is 88.9 Å². The fraction of sp³-hybridized carbons (Fsp3) is 0.448. The van der Waals surface area contributed by atoms with Crippen molar-refractivity contribution in [2.45, 2.75) is 79.1 Å². The standard InChI is InChI=1S/C29H38N6O2/c1-8-25(27-31-32-33-35(27)29(5,6)9-2)34(17-21-12-10-11-13-26(21)37-7)18-23-16-22-14-19(3)20(4)15-24(22)30-28(23)36/h10-16,25H,8-9,17-18H2,1-7H3,(H,30,36)/t25-/m1/s1. The zero-order chi connectivity index (χ0) is 26.7. The molecule has 8 heteroatoms. The van der Waals surface area contributed by atoms with E-state index >= 15 is 0 Å². The molecule has 0 amide bonds. The summed E-state index contributed by atoms with van der Waals surface area (Å²) in [6, 6.07) is 14.1. The number of aromatic nitrogens is 5. The summed E-state index contributed by atoms with van der Waals surface area (Å²) in [5.74, 6) is 1.61. The smallest absolute Gasteiger partial charge is 0.252 e. The Kier molecular flexibility index (Phi) is 7.78. The number of para-hydroxylation sites is 1. The summed E-state index contributed by atoms with van der Waals surface area (Å²) in [4.78, 5) is 18.6. The minimum absolute atomic E-state index is 0.0795. The van der Waals surface area contributed by atoms with Crippen molar-refractivity contribution in [2.75, 3.05) is 7.11 Å². The summed E-state index contributed by atoms with van der Waals surface area (Å²) in [5, 5.41) is 13.9. The largest absolute Gasteiger partial charge is 0.496 e. The lowest BCUT2D eigenvalue weighted by Gasteiger charge is -2.33. The highest BCUT2D eigenvalue weighted by Gasteiger charge is 2.31. The second kappa shape index (κ2) is 10.8. The molecule has 0 aliphatic carbocycles. The molecule has 0 unspecified atom stereocenters. The maximum atomic E-state index is 13.3.